The summed E-state index contributed by atoms with van der Waals surface area (Å²) in [4.78, 5) is 0. The fourth-order valence-electron chi connectivity index (χ4n) is 2.33. The van der Waals surface area contributed by atoms with E-state index in [0.717, 1.165) is 40.1 Å². The van der Waals surface area contributed by atoms with Gasteiger partial charge in [-0.2, -0.15) is 0 Å². The minimum atomic E-state index is 0.00555. The van der Waals surface area contributed by atoms with Crippen molar-refractivity contribution in [3.63, 3.8) is 0 Å². The van der Waals surface area contributed by atoms with Crippen molar-refractivity contribution in [3.8, 4) is 0 Å². The monoisotopic (exact) mass is 379 g/mol. The molecule has 2 atom stereocenters. The highest BCUT2D eigenvalue weighted by Gasteiger charge is 2.31. The lowest BCUT2D eigenvalue weighted by atomic mass is 9.90. The van der Waals surface area contributed by atoms with Crippen molar-refractivity contribution in [2.24, 2.45) is 0 Å². The first-order valence-electron chi connectivity index (χ1n) is 6.38. The summed E-state index contributed by atoms with van der Waals surface area (Å²) in [5.74, 6) is 0. The van der Waals surface area contributed by atoms with E-state index in [0.29, 0.717) is 6.04 Å². The lowest BCUT2D eigenvalue weighted by Gasteiger charge is -2.38. The van der Waals surface area contributed by atoms with Gasteiger partial charge in [-0.15, -0.1) is 0 Å². The molecule has 1 aliphatic rings. The van der Waals surface area contributed by atoms with E-state index in [-0.39, 0.29) is 5.60 Å². The Morgan fingerprint density at radius 3 is 3.00 bits per heavy atom. The smallest absolute Gasteiger partial charge is 0.0671 e. The molecular weight excluding hydrogens is 361 g/mol. The molecule has 4 heteroatoms. The summed E-state index contributed by atoms with van der Waals surface area (Å²) >= 11 is 8.53. The van der Waals surface area contributed by atoms with Crippen LogP contribution in [-0.4, -0.2) is 18.2 Å². The Labute approximate surface area is 128 Å². The van der Waals surface area contributed by atoms with Gasteiger partial charge in [0.15, 0.2) is 0 Å². The zero-order valence-corrected chi connectivity index (χ0v) is 13.7. The lowest BCUT2D eigenvalue weighted by Crippen LogP contribution is -2.41. The Morgan fingerprint density at radius 1 is 1.56 bits per heavy atom. The minimum Gasteiger partial charge on any atom is -0.381 e. The van der Waals surface area contributed by atoms with E-state index in [1.165, 1.54) is 0 Å². The standard InChI is InChI=1S/C14H19ClINO/c1-3-14(2)9-11(6-7-18-14)17-13-5-4-10(16)8-12(13)15/h4-5,8,11,17H,3,6-7,9H2,1-2H3. The van der Waals surface area contributed by atoms with Crippen LogP contribution in [0.3, 0.4) is 0 Å². The van der Waals surface area contributed by atoms with Gasteiger partial charge >= 0.3 is 0 Å². The fourth-order valence-corrected chi connectivity index (χ4v) is 3.24. The van der Waals surface area contributed by atoms with Gasteiger partial charge in [0.1, 0.15) is 0 Å². The topological polar surface area (TPSA) is 21.3 Å². The number of hydrogen-bond donors (Lipinski definition) is 1. The normalized spacial score (nSPS) is 28.1. The third kappa shape index (κ3) is 3.52. The van der Waals surface area contributed by atoms with Crippen LogP contribution in [0.1, 0.15) is 33.1 Å². The highest BCUT2D eigenvalue weighted by atomic mass is 127. The van der Waals surface area contributed by atoms with Gasteiger partial charge < -0.3 is 10.1 Å². The van der Waals surface area contributed by atoms with Crippen molar-refractivity contribution >= 4 is 39.9 Å². The SMILES string of the molecule is CCC1(C)CC(Nc2ccc(I)cc2Cl)CCO1. The van der Waals surface area contributed by atoms with Crippen LogP contribution in [0.15, 0.2) is 18.2 Å². The highest BCUT2D eigenvalue weighted by molar-refractivity contribution is 14.1. The summed E-state index contributed by atoms with van der Waals surface area (Å²) < 4.78 is 7.02. The van der Waals surface area contributed by atoms with Crippen molar-refractivity contribution in [1.29, 1.82) is 0 Å². The van der Waals surface area contributed by atoms with Gasteiger partial charge in [0.2, 0.25) is 0 Å². The first-order chi connectivity index (χ1) is 8.52. The molecule has 2 rings (SSSR count). The molecule has 2 nitrogen and oxygen atoms in total. The molecule has 0 spiro atoms. The molecule has 0 saturated carbocycles. The van der Waals surface area contributed by atoms with Crippen LogP contribution >= 0.6 is 34.2 Å². The summed E-state index contributed by atoms with van der Waals surface area (Å²) in [6.45, 7) is 5.20. The number of ether oxygens (including phenoxy) is 1. The summed E-state index contributed by atoms with van der Waals surface area (Å²) in [5.41, 5.74) is 1.04. The van der Waals surface area contributed by atoms with Crippen molar-refractivity contribution in [3.05, 3.63) is 26.8 Å². The van der Waals surface area contributed by atoms with E-state index < -0.39 is 0 Å². The molecule has 0 aromatic heterocycles. The maximum absolute atomic E-state index is 6.26. The second kappa shape index (κ2) is 5.97. The summed E-state index contributed by atoms with van der Waals surface area (Å²) in [6, 6.07) is 6.57. The molecule has 1 N–H and O–H groups in total. The average molecular weight is 380 g/mol. The molecule has 1 saturated heterocycles. The zero-order chi connectivity index (χ0) is 13.2. The number of halogens is 2. The van der Waals surface area contributed by atoms with Crippen LogP contribution in [0.25, 0.3) is 0 Å². The van der Waals surface area contributed by atoms with E-state index in [9.17, 15) is 0 Å². The fraction of sp³-hybridized carbons (Fsp3) is 0.571. The van der Waals surface area contributed by atoms with Crippen molar-refractivity contribution in [2.45, 2.75) is 44.8 Å². The third-order valence-electron chi connectivity index (χ3n) is 3.63. The molecule has 0 aliphatic carbocycles. The molecule has 2 unspecified atom stereocenters. The van der Waals surface area contributed by atoms with Gasteiger partial charge in [-0.1, -0.05) is 18.5 Å². The third-order valence-corrected chi connectivity index (χ3v) is 4.62. The summed E-state index contributed by atoms with van der Waals surface area (Å²) in [7, 11) is 0. The minimum absolute atomic E-state index is 0.00555. The number of nitrogens with one attached hydrogen (secondary N) is 1. The second-order valence-corrected chi connectivity index (χ2v) is 6.76. The van der Waals surface area contributed by atoms with Gasteiger partial charge in [0.05, 0.1) is 16.3 Å². The van der Waals surface area contributed by atoms with Crippen LogP contribution in [0.4, 0.5) is 5.69 Å². The Morgan fingerprint density at radius 2 is 2.33 bits per heavy atom. The zero-order valence-electron chi connectivity index (χ0n) is 10.8. The number of benzene rings is 1. The van der Waals surface area contributed by atoms with Crippen molar-refractivity contribution in [1.82, 2.24) is 0 Å². The Hall–Kier alpha value is -0.000000000000000132. The maximum atomic E-state index is 6.26. The van der Waals surface area contributed by atoms with Gasteiger partial charge in [-0.3, -0.25) is 0 Å². The molecule has 100 valence electrons. The molecule has 0 radical (unpaired) electrons. The molecule has 0 bridgehead atoms. The van der Waals surface area contributed by atoms with Crippen LogP contribution in [0, 0.1) is 3.57 Å². The van der Waals surface area contributed by atoms with Crippen LogP contribution in [0.2, 0.25) is 5.02 Å². The van der Waals surface area contributed by atoms with Gasteiger partial charge in [-0.25, -0.2) is 0 Å². The molecule has 1 heterocycles. The average Bonchev–Trinajstić information content (AvgIpc) is 2.33. The van der Waals surface area contributed by atoms with Gasteiger partial charge in [0.25, 0.3) is 0 Å². The van der Waals surface area contributed by atoms with Crippen LogP contribution < -0.4 is 5.32 Å². The Bertz CT molecular complexity index is 426. The van der Waals surface area contributed by atoms with E-state index in [1.807, 2.05) is 6.07 Å². The lowest BCUT2D eigenvalue weighted by molar-refractivity contribution is -0.0708. The molecule has 18 heavy (non-hydrogen) atoms. The number of rotatable bonds is 3. The first kappa shape index (κ1) is 14.4. The van der Waals surface area contributed by atoms with Crippen LogP contribution in [0.5, 0.6) is 0 Å². The predicted molar refractivity (Wildman–Crippen MR) is 85.5 cm³/mol. The summed E-state index contributed by atoms with van der Waals surface area (Å²) in [6.07, 6.45) is 3.12. The van der Waals surface area contributed by atoms with Crippen molar-refractivity contribution < 1.29 is 4.74 Å². The van der Waals surface area contributed by atoms with E-state index in [1.54, 1.807) is 0 Å². The van der Waals surface area contributed by atoms with Gasteiger partial charge in [0, 0.05) is 16.2 Å². The molecule has 1 aromatic rings. The Balaban J connectivity index is 2.05. The molecule has 1 aliphatic heterocycles. The first-order valence-corrected chi connectivity index (χ1v) is 7.83. The Kier molecular flexibility index (Phi) is 4.78. The van der Waals surface area contributed by atoms with E-state index in [2.05, 4.69) is 53.9 Å². The molecule has 1 aromatic carbocycles. The van der Waals surface area contributed by atoms with E-state index >= 15 is 0 Å². The number of hydrogen-bond acceptors (Lipinski definition) is 2. The van der Waals surface area contributed by atoms with Crippen molar-refractivity contribution in [2.75, 3.05) is 11.9 Å². The quantitative estimate of drug-likeness (QED) is 0.768. The maximum Gasteiger partial charge on any atom is 0.0671 e. The molecule has 1 fully saturated rings. The summed E-state index contributed by atoms with van der Waals surface area (Å²) in [5, 5.41) is 4.35. The van der Waals surface area contributed by atoms with Gasteiger partial charge in [-0.05, 0) is 67.0 Å². The number of anilines is 1. The highest BCUT2D eigenvalue weighted by Crippen LogP contribution is 2.31. The van der Waals surface area contributed by atoms with Crippen LogP contribution in [-0.2, 0) is 4.74 Å². The predicted octanol–water partition coefficient (Wildman–Crippen LogP) is 4.70. The van der Waals surface area contributed by atoms with E-state index in [4.69, 9.17) is 16.3 Å². The largest absolute Gasteiger partial charge is 0.381 e. The second-order valence-electron chi connectivity index (χ2n) is 5.11. The molecule has 0 amide bonds. The molecular formula is C14H19ClINO.